The Morgan fingerprint density at radius 1 is 1.37 bits per heavy atom. The van der Waals surface area contributed by atoms with Crippen molar-refractivity contribution >= 4 is 23.7 Å². The van der Waals surface area contributed by atoms with Crippen molar-refractivity contribution in [2.45, 2.75) is 0 Å². The zero-order valence-electron chi connectivity index (χ0n) is 9.75. The van der Waals surface area contributed by atoms with Crippen molar-refractivity contribution in [1.29, 1.82) is 0 Å². The van der Waals surface area contributed by atoms with Gasteiger partial charge >= 0.3 is 0 Å². The van der Waals surface area contributed by atoms with Crippen LogP contribution in [0.3, 0.4) is 0 Å². The van der Waals surface area contributed by atoms with E-state index < -0.39 is 5.91 Å². The number of carbonyl (C=O) groups is 1. The number of amides is 1. The fourth-order valence-electron chi connectivity index (χ4n) is 1.32. The molecule has 2 aromatic rings. The Hall–Kier alpha value is -2.40. The van der Waals surface area contributed by atoms with Crippen LogP contribution in [0.15, 0.2) is 47.7 Å². The Balaban J connectivity index is 2.01. The quantitative estimate of drug-likeness (QED) is 0.666. The van der Waals surface area contributed by atoms with E-state index in [4.69, 9.17) is 11.6 Å². The van der Waals surface area contributed by atoms with Crippen molar-refractivity contribution in [1.82, 2.24) is 10.4 Å². The number of rotatable bonds is 3. The van der Waals surface area contributed by atoms with Crippen molar-refractivity contribution in [3.63, 3.8) is 0 Å². The molecule has 2 rings (SSSR count). The predicted octanol–water partition coefficient (Wildman–Crippen LogP) is 2.20. The summed E-state index contributed by atoms with van der Waals surface area (Å²) < 4.78 is 0. The highest BCUT2D eigenvalue weighted by atomic mass is 35.5. The van der Waals surface area contributed by atoms with Gasteiger partial charge in [0.2, 0.25) is 0 Å². The number of benzene rings is 1. The van der Waals surface area contributed by atoms with E-state index in [1.54, 1.807) is 18.3 Å². The Labute approximate surface area is 114 Å². The lowest BCUT2D eigenvalue weighted by molar-refractivity contribution is 0.0955. The molecule has 0 aliphatic rings. The lowest BCUT2D eigenvalue weighted by Crippen LogP contribution is -2.17. The monoisotopic (exact) mass is 275 g/mol. The van der Waals surface area contributed by atoms with Crippen LogP contribution >= 0.6 is 11.6 Å². The molecule has 96 valence electrons. The van der Waals surface area contributed by atoms with Gasteiger partial charge in [0.1, 0.15) is 5.75 Å². The van der Waals surface area contributed by atoms with Crippen LogP contribution in [0.2, 0.25) is 5.02 Å². The third-order valence-electron chi connectivity index (χ3n) is 2.26. The Kier molecular flexibility index (Phi) is 4.10. The van der Waals surface area contributed by atoms with E-state index in [9.17, 15) is 9.90 Å². The molecule has 0 saturated heterocycles. The molecular weight excluding hydrogens is 266 g/mol. The summed E-state index contributed by atoms with van der Waals surface area (Å²) in [5, 5.41) is 13.1. The average molecular weight is 276 g/mol. The first-order valence-electron chi connectivity index (χ1n) is 5.40. The van der Waals surface area contributed by atoms with Crippen LogP contribution in [-0.2, 0) is 0 Å². The maximum Gasteiger partial charge on any atom is 0.271 e. The SMILES string of the molecule is O=C(NN=Cc1ccccn1)c1ccc(O)c(Cl)c1. The van der Waals surface area contributed by atoms with E-state index in [0.717, 1.165) is 0 Å². The number of aromatic nitrogens is 1. The fraction of sp³-hybridized carbons (Fsp3) is 0. The van der Waals surface area contributed by atoms with Gasteiger partial charge in [-0.15, -0.1) is 0 Å². The molecule has 5 nitrogen and oxygen atoms in total. The molecule has 1 amide bonds. The summed E-state index contributed by atoms with van der Waals surface area (Å²) in [7, 11) is 0. The molecule has 0 atom stereocenters. The minimum absolute atomic E-state index is 0.0739. The first kappa shape index (κ1) is 13.0. The lowest BCUT2D eigenvalue weighted by Gasteiger charge is -2.01. The second-order valence-electron chi connectivity index (χ2n) is 3.62. The number of halogens is 1. The van der Waals surface area contributed by atoms with E-state index in [1.807, 2.05) is 6.07 Å². The van der Waals surface area contributed by atoms with Crippen LogP contribution in [0.4, 0.5) is 0 Å². The molecule has 1 heterocycles. The van der Waals surface area contributed by atoms with E-state index >= 15 is 0 Å². The predicted molar refractivity (Wildman–Crippen MR) is 72.4 cm³/mol. The summed E-state index contributed by atoms with van der Waals surface area (Å²) >= 11 is 5.71. The van der Waals surface area contributed by atoms with E-state index in [2.05, 4.69) is 15.5 Å². The van der Waals surface area contributed by atoms with E-state index in [1.165, 1.54) is 24.4 Å². The molecule has 0 unspecified atom stereocenters. The molecule has 0 aliphatic carbocycles. The van der Waals surface area contributed by atoms with Gasteiger partial charge in [0.25, 0.3) is 5.91 Å². The Bertz CT molecular complexity index is 615. The highest BCUT2D eigenvalue weighted by molar-refractivity contribution is 6.32. The number of hydrogen-bond acceptors (Lipinski definition) is 4. The molecule has 0 radical (unpaired) electrons. The summed E-state index contributed by atoms with van der Waals surface area (Å²) in [6.45, 7) is 0. The number of pyridine rings is 1. The molecule has 0 spiro atoms. The zero-order valence-corrected chi connectivity index (χ0v) is 10.5. The molecule has 1 aromatic carbocycles. The second kappa shape index (κ2) is 5.97. The number of phenols is 1. The zero-order chi connectivity index (χ0) is 13.7. The van der Waals surface area contributed by atoms with Gasteiger partial charge in [0.05, 0.1) is 16.9 Å². The first-order chi connectivity index (χ1) is 9.16. The minimum atomic E-state index is -0.422. The van der Waals surface area contributed by atoms with Gasteiger partial charge in [-0.3, -0.25) is 9.78 Å². The molecule has 2 N–H and O–H groups in total. The number of phenolic OH excluding ortho intramolecular Hbond substituents is 1. The number of carbonyl (C=O) groups excluding carboxylic acids is 1. The molecule has 1 aromatic heterocycles. The van der Waals surface area contributed by atoms with E-state index in [0.29, 0.717) is 11.3 Å². The molecule has 6 heteroatoms. The maximum atomic E-state index is 11.7. The summed E-state index contributed by atoms with van der Waals surface area (Å²) in [5.41, 5.74) is 3.28. The number of nitrogens with one attached hydrogen (secondary N) is 1. The summed E-state index contributed by atoms with van der Waals surface area (Å²) in [6.07, 6.45) is 3.06. The normalized spacial score (nSPS) is 10.6. The largest absolute Gasteiger partial charge is 0.506 e. The van der Waals surface area contributed by atoms with Crippen LogP contribution < -0.4 is 5.43 Å². The van der Waals surface area contributed by atoms with Crippen molar-refractivity contribution in [2.24, 2.45) is 5.10 Å². The number of aromatic hydroxyl groups is 1. The second-order valence-corrected chi connectivity index (χ2v) is 4.03. The number of nitrogens with zero attached hydrogens (tertiary/aromatic N) is 2. The highest BCUT2D eigenvalue weighted by Gasteiger charge is 2.07. The van der Waals surface area contributed by atoms with Crippen LogP contribution in [0, 0.1) is 0 Å². The van der Waals surface area contributed by atoms with Crippen molar-refractivity contribution in [2.75, 3.05) is 0 Å². The van der Waals surface area contributed by atoms with Crippen molar-refractivity contribution in [3.8, 4) is 5.75 Å². The summed E-state index contributed by atoms with van der Waals surface area (Å²) in [6, 6.07) is 9.52. The molecular formula is C13H10ClN3O2. The van der Waals surface area contributed by atoms with E-state index in [-0.39, 0.29) is 10.8 Å². The smallest absolute Gasteiger partial charge is 0.271 e. The number of hydrazone groups is 1. The number of hydrogen-bond donors (Lipinski definition) is 2. The van der Waals surface area contributed by atoms with Gasteiger partial charge in [0, 0.05) is 11.8 Å². The third-order valence-corrected chi connectivity index (χ3v) is 2.56. The average Bonchev–Trinajstić information content (AvgIpc) is 2.43. The van der Waals surface area contributed by atoms with Gasteiger partial charge in [0.15, 0.2) is 0 Å². The van der Waals surface area contributed by atoms with Crippen LogP contribution in [0.5, 0.6) is 5.75 Å². The maximum absolute atomic E-state index is 11.7. The van der Waals surface area contributed by atoms with Crippen molar-refractivity contribution in [3.05, 3.63) is 58.9 Å². The first-order valence-corrected chi connectivity index (χ1v) is 5.77. The van der Waals surface area contributed by atoms with Crippen molar-refractivity contribution < 1.29 is 9.90 Å². The van der Waals surface area contributed by atoms with Gasteiger partial charge in [-0.25, -0.2) is 5.43 Å². The molecule has 0 fully saturated rings. The fourth-order valence-corrected chi connectivity index (χ4v) is 1.50. The highest BCUT2D eigenvalue weighted by Crippen LogP contribution is 2.23. The van der Waals surface area contributed by atoms with Crippen LogP contribution in [0.1, 0.15) is 16.1 Å². The topological polar surface area (TPSA) is 74.6 Å². The van der Waals surface area contributed by atoms with Gasteiger partial charge in [-0.05, 0) is 30.3 Å². The summed E-state index contributed by atoms with van der Waals surface area (Å²) in [4.78, 5) is 15.7. The Morgan fingerprint density at radius 2 is 2.21 bits per heavy atom. The molecule has 0 saturated carbocycles. The van der Waals surface area contributed by atoms with Gasteiger partial charge in [-0.1, -0.05) is 17.7 Å². The third kappa shape index (κ3) is 3.53. The van der Waals surface area contributed by atoms with Crippen LogP contribution in [-0.4, -0.2) is 22.2 Å². The molecule has 0 bridgehead atoms. The lowest BCUT2D eigenvalue weighted by atomic mass is 10.2. The standard InChI is InChI=1S/C13H10ClN3O2/c14-11-7-9(4-5-12(11)18)13(19)17-16-8-10-3-1-2-6-15-10/h1-8,18H,(H,17,19). The van der Waals surface area contributed by atoms with Crippen LogP contribution in [0.25, 0.3) is 0 Å². The Morgan fingerprint density at radius 3 is 2.89 bits per heavy atom. The van der Waals surface area contributed by atoms with Gasteiger partial charge < -0.3 is 5.11 Å². The molecule has 0 aliphatic heterocycles. The van der Waals surface area contributed by atoms with Gasteiger partial charge in [-0.2, -0.15) is 5.10 Å². The minimum Gasteiger partial charge on any atom is -0.506 e. The summed E-state index contributed by atoms with van der Waals surface area (Å²) in [5.74, 6) is -0.496. The molecule has 19 heavy (non-hydrogen) atoms.